The SMILES string of the molecule is CN(C)c1ccc(/C=N\N=C2\S/C(=C\c3ccc(Cl)cc3)C(=O)N2Cc2ccco2)cc1. The second-order valence-corrected chi connectivity index (χ2v) is 8.69. The van der Waals surface area contributed by atoms with E-state index in [0.717, 1.165) is 16.8 Å². The number of hydrogen-bond donors (Lipinski definition) is 0. The van der Waals surface area contributed by atoms with Crippen LogP contribution in [0.2, 0.25) is 5.02 Å². The number of nitrogens with zero attached hydrogens (tertiary/aromatic N) is 4. The van der Waals surface area contributed by atoms with Crippen LogP contribution in [-0.2, 0) is 11.3 Å². The zero-order valence-corrected chi connectivity index (χ0v) is 19.2. The average Bonchev–Trinajstić information content (AvgIpc) is 3.40. The summed E-state index contributed by atoms with van der Waals surface area (Å²) in [5.74, 6) is 0.522. The largest absolute Gasteiger partial charge is 0.467 e. The summed E-state index contributed by atoms with van der Waals surface area (Å²) in [6.45, 7) is 0.280. The van der Waals surface area contributed by atoms with E-state index in [2.05, 4.69) is 10.2 Å². The summed E-state index contributed by atoms with van der Waals surface area (Å²) in [5, 5.41) is 9.70. The van der Waals surface area contributed by atoms with Crippen molar-refractivity contribution in [3.8, 4) is 0 Å². The van der Waals surface area contributed by atoms with Crippen LogP contribution in [0, 0.1) is 0 Å². The third-order valence-corrected chi connectivity index (χ3v) is 5.96. The summed E-state index contributed by atoms with van der Waals surface area (Å²) in [6.07, 6.45) is 5.08. The van der Waals surface area contributed by atoms with Crippen LogP contribution in [0.25, 0.3) is 6.08 Å². The molecule has 2 heterocycles. The van der Waals surface area contributed by atoms with Gasteiger partial charge in [-0.25, -0.2) is 0 Å². The number of thioether (sulfide) groups is 1. The van der Waals surface area contributed by atoms with Crippen molar-refractivity contribution in [3.05, 3.63) is 93.7 Å². The minimum atomic E-state index is -0.148. The average molecular weight is 465 g/mol. The van der Waals surface area contributed by atoms with Gasteiger partial charge in [0.1, 0.15) is 5.76 Å². The van der Waals surface area contributed by atoms with E-state index in [9.17, 15) is 4.79 Å². The van der Waals surface area contributed by atoms with Crippen molar-refractivity contribution in [2.24, 2.45) is 10.2 Å². The van der Waals surface area contributed by atoms with E-state index >= 15 is 0 Å². The maximum Gasteiger partial charge on any atom is 0.267 e. The first kappa shape index (κ1) is 21.9. The van der Waals surface area contributed by atoms with Crippen molar-refractivity contribution in [1.82, 2.24) is 4.90 Å². The van der Waals surface area contributed by atoms with E-state index in [1.165, 1.54) is 11.8 Å². The van der Waals surface area contributed by atoms with E-state index in [1.807, 2.05) is 67.5 Å². The van der Waals surface area contributed by atoms with Gasteiger partial charge in [-0.15, -0.1) is 5.10 Å². The third kappa shape index (κ3) is 5.30. The molecule has 3 aromatic rings. The fourth-order valence-corrected chi connectivity index (χ4v) is 4.06. The Hall–Kier alpha value is -3.29. The van der Waals surface area contributed by atoms with Crippen molar-refractivity contribution in [2.75, 3.05) is 19.0 Å². The number of anilines is 1. The van der Waals surface area contributed by atoms with Gasteiger partial charge in [-0.2, -0.15) is 5.10 Å². The first-order valence-electron chi connectivity index (χ1n) is 9.87. The zero-order chi connectivity index (χ0) is 22.5. The smallest absolute Gasteiger partial charge is 0.267 e. The van der Waals surface area contributed by atoms with E-state index in [-0.39, 0.29) is 12.5 Å². The van der Waals surface area contributed by atoms with Gasteiger partial charge in [0, 0.05) is 24.8 Å². The Bertz CT molecular complexity index is 1170. The molecule has 2 aromatic carbocycles. The summed E-state index contributed by atoms with van der Waals surface area (Å²) in [6, 6.07) is 18.9. The van der Waals surface area contributed by atoms with Gasteiger partial charge in [-0.05, 0) is 65.4 Å². The van der Waals surface area contributed by atoms with Gasteiger partial charge in [0.05, 0.1) is 23.9 Å². The van der Waals surface area contributed by atoms with Crippen LogP contribution in [0.3, 0.4) is 0 Å². The molecule has 1 amide bonds. The second-order valence-electron chi connectivity index (χ2n) is 7.25. The number of benzene rings is 2. The zero-order valence-electron chi connectivity index (χ0n) is 17.6. The number of amidine groups is 1. The van der Waals surface area contributed by atoms with Gasteiger partial charge in [0.25, 0.3) is 5.91 Å². The van der Waals surface area contributed by atoms with E-state index in [4.69, 9.17) is 16.0 Å². The number of hydrogen-bond acceptors (Lipinski definition) is 6. The minimum Gasteiger partial charge on any atom is -0.467 e. The lowest BCUT2D eigenvalue weighted by Crippen LogP contribution is -2.28. The van der Waals surface area contributed by atoms with Crippen LogP contribution in [0.1, 0.15) is 16.9 Å². The summed E-state index contributed by atoms with van der Waals surface area (Å²) in [5.41, 5.74) is 2.91. The van der Waals surface area contributed by atoms with Gasteiger partial charge in [-0.1, -0.05) is 35.9 Å². The second kappa shape index (κ2) is 9.89. The minimum absolute atomic E-state index is 0.148. The maximum absolute atomic E-state index is 13.1. The van der Waals surface area contributed by atoms with E-state index in [1.54, 1.807) is 35.6 Å². The van der Waals surface area contributed by atoms with E-state index < -0.39 is 0 Å². The normalized spacial score (nSPS) is 16.6. The van der Waals surface area contributed by atoms with Crippen LogP contribution in [0.15, 0.2) is 86.5 Å². The molecular weight excluding hydrogens is 444 g/mol. The molecule has 0 atom stereocenters. The fourth-order valence-electron chi connectivity index (χ4n) is 2.99. The van der Waals surface area contributed by atoms with Crippen LogP contribution in [-0.4, -0.2) is 36.3 Å². The van der Waals surface area contributed by atoms with Crippen LogP contribution in [0.5, 0.6) is 0 Å². The Morgan fingerprint density at radius 1 is 1.06 bits per heavy atom. The molecule has 1 saturated heterocycles. The number of carbonyl (C=O) groups is 1. The first-order valence-corrected chi connectivity index (χ1v) is 11.1. The standard InChI is InChI=1S/C24H21ClN4O2S/c1-28(2)20-11-7-18(8-12-20)15-26-27-24-29(16-21-4-3-13-31-21)23(30)22(32-24)14-17-5-9-19(25)10-6-17/h3-15H,16H2,1-2H3/b22-14-,26-15-,27-24+. The molecule has 32 heavy (non-hydrogen) atoms. The molecule has 0 spiro atoms. The van der Waals surface area contributed by atoms with Crippen molar-refractivity contribution in [3.63, 3.8) is 0 Å². The Kier molecular flexibility index (Phi) is 6.78. The lowest BCUT2D eigenvalue weighted by molar-refractivity contribution is -0.122. The molecule has 1 fully saturated rings. The van der Waals surface area contributed by atoms with Crippen molar-refractivity contribution in [1.29, 1.82) is 0 Å². The predicted octanol–water partition coefficient (Wildman–Crippen LogP) is 5.51. The number of rotatable bonds is 6. The molecule has 0 N–H and O–H groups in total. The molecule has 0 aliphatic carbocycles. The molecule has 162 valence electrons. The lowest BCUT2D eigenvalue weighted by atomic mass is 10.2. The quantitative estimate of drug-likeness (QED) is 0.274. The van der Waals surface area contributed by atoms with Gasteiger partial charge >= 0.3 is 0 Å². The molecular formula is C24H21ClN4O2S. The summed E-state index contributed by atoms with van der Waals surface area (Å²) in [7, 11) is 3.98. The van der Waals surface area contributed by atoms with Crippen LogP contribution >= 0.6 is 23.4 Å². The van der Waals surface area contributed by atoms with Crippen molar-refractivity contribution >= 4 is 52.4 Å². The molecule has 1 aliphatic rings. The van der Waals surface area contributed by atoms with Gasteiger partial charge < -0.3 is 9.32 Å². The molecule has 0 unspecified atom stereocenters. The maximum atomic E-state index is 13.1. The van der Waals surface area contributed by atoms with Gasteiger partial charge in [0.2, 0.25) is 0 Å². The molecule has 0 bridgehead atoms. The Morgan fingerprint density at radius 2 is 1.78 bits per heavy atom. The number of furan rings is 1. The highest BCUT2D eigenvalue weighted by atomic mass is 35.5. The molecule has 1 aliphatic heterocycles. The third-order valence-electron chi connectivity index (χ3n) is 4.71. The predicted molar refractivity (Wildman–Crippen MR) is 132 cm³/mol. The fraction of sp³-hybridized carbons (Fsp3) is 0.125. The van der Waals surface area contributed by atoms with Crippen molar-refractivity contribution in [2.45, 2.75) is 6.54 Å². The summed E-state index contributed by atoms with van der Waals surface area (Å²) >= 11 is 7.25. The highest BCUT2D eigenvalue weighted by Gasteiger charge is 2.34. The van der Waals surface area contributed by atoms with Crippen LogP contribution in [0.4, 0.5) is 5.69 Å². The Morgan fingerprint density at radius 3 is 2.44 bits per heavy atom. The number of carbonyl (C=O) groups excluding carboxylic acids is 1. The highest BCUT2D eigenvalue weighted by Crippen LogP contribution is 2.34. The topological polar surface area (TPSA) is 61.4 Å². The van der Waals surface area contributed by atoms with Crippen molar-refractivity contribution < 1.29 is 9.21 Å². The van der Waals surface area contributed by atoms with E-state index in [0.29, 0.717) is 20.9 Å². The summed E-state index contributed by atoms with van der Waals surface area (Å²) < 4.78 is 5.43. The molecule has 0 saturated carbocycles. The summed E-state index contributed by atoms with van der Waals surface area (Å²) in [4.78, 5) is 17.2. The van der Waals surface area contributed by atoms with Gasteiger partial charge in [-0.3, -0.25) is 9.69 Å². The first-order chi connectivity index (χ1) is 15.5. The lowest BCUT2D eigenvalue weighted by Gasteiger charge is -2.12. The molecule has 4 rings (SSSR count). The molecule has 8 heteroatoms. The Balaban J connectivity index is 1.58. The number of amides is 1. The molecule has 1 aromatic heterocycles. The van der Waals surface area contributed by atoms with Crippen LogP contribution < -0.4 is 4.90 Å². The van der Waals surface area contributed by atoms with Gasteiger partial charge in [0.15, 0.2) is 5.17 Å². The number of halogens is 1. The highest BCUT2D eigenvalue weighted by molar-refractivity contribution is 8.18. The Labute approximate surface area is 195 Å². The molecule has 0 radical (unpaired) electrons. The monoisotopic (exact) mass is 464 g/mol. The molecule has 6 nitrogen and oxygen atoms in total.